The molecule has 1 heterocycles. The van der Waals surface area contributed by atoms with Crippen LogP contribution < -0.4 is 0 Å². The van der Waals surface area contributed by atoms with Crippen molar-refractivity contribution < 1.29 is 9.13 Å². The van der Waals surface area contributed by atoms with Gasteiger partial charge in [-0.25, -0.2) is 4.39 Å². The molecule has 0 saturated carbocycles. The molecule has 1 fully saturated rings. The van der Waals surface area contributed by atoms with Crippen LogP contribution >= 0.6 is 11.8 Å². The van der Waals surface area contributed by atoms with Crippen molar-refractivity contribution in [1.29, 1.82) is 5.26 Å². The van der Waals surface area contributed by atoms with E-state index >= 15 is 0 Å². The Morgan fingerprint density at radius 3 is 2.94 bits per heavy atom. The minimum Gasteiger partial charge on any atom is -0.377 e. The Hall–Kier alpha value is -1.05. The molecule has 0 spiro atoms. The average Bonchev–Trinajstić information content (AvgIpc) is 2.63. The maximum atomic E-state index is 13.2. The molecule has 16 heavy (non-hydrogen) atoms. The summed E-state index contributed by atoms with van der Waals surface area (Å²) in [6.07, 6.45) is 1.17. The summed E-state index contributed by atoms with van der Waals surface area (Å²) in [6, 6.07) is 6.40. The second-order valence-corrected chi connectivity index (χ2v) is 5.12. The van der Waals surface area contributed by atoms with Crippen LogP contribution in [0.15, 0.2) is 23.1 Å². The molecule has 4 heteroatoms. The normalized spacial score (nSPS) is 24.3. The van der Waals surface area contributed by atoms with Gasteiger partial charge in [-0.2, -0.15) is 5.26 Å². The van der Waals surface area contributed by atoms with Gasteiger partial charge in [0.05, 0.1) is 17.7 Å². The summed E-state index contributed by atoms with van der Waals surface area (Å²) in [5.74, 6) is -0.354. The summed E-state index contributed by atoms with van der Waals surface area (Å²) < 4.78 is 18.6. The molecule has 0 aromatic heterocycles. The summed E-state index contributed by atoms with van der Waals surface area (Å²) in [7, 11) is 0. The zero-order valence-electron chi connectivity index (χ0n) is 8.94. The number of ether oxygens (including phenoxy) is 1. The Balaban J connectivity index is 2.15. The predicted molar refractivity (Wildman–Crippen MR) is 60.8 cm³/mol. The van der Waals surface area contributed by atoms with Crippen molar-refractivity contribution in [3.63, 3.8) is 0 Å². The van der Waals surface area contributed by atoms with Crippen molar-refractivity contribution in [1.82, 2.24) is 0 Å². The number of benzene rings is 1. The van der Waals surface area contributed by atoms with Crippen LogP contribution in [-0.4, -0.2) is 18.0 Å². The van der Waals surface area contributed by atoms with E-state index in [2.05, 4.69) is 0 Å². The van der Waals surface area contributed by atoms with Crippen molar-refractivity contribution in [3.8, 4) is 6.07 Å². The van der Waals surface area contributed by atoms with Gasteiger partial charge in [-0.1, -0.05) is 0 Å². The van der Waals surface area contributed by atoms with Crippen molar-refractivity contribution in [2.45, 2.75) is 29.6 Å². The lowest BCUT2D eigenvalue weighted by molar-refractivity contribution is 0.127. The SMILES string of the molecule is CC1OCCC1Sc1cc(F)cc(C#N)c1. The standard InChI is InChI=1S/C12H12FNOS/c1-8-12(2-3-15-8)16-11-5-9(7-14)4-10(13)6-11/h4-6,8,12H,2-3H2,1H3. The van der Waals surface area contributed by atoms with E-state index in [0.717, 1.165) is 17.9 Å². The number of nitriles is 1. The third-order valence-corrected chi connectivity index (χ3v) is 4.02. The van der Waals surface area contributed by atoms with Gasteiger partial charge in [0.1, 0.15) is 5.82 Å². The number of halogens is 1. The fourth-order valence-corrected chi connectivity index (χ4v) is 2.95. The highest BCUT2D eigenvalue weighted by atomic mass is 32.2. The highest BCUT2D eigenvalue weighted by molar-refractivity contribution is 8.00. The maximum Gasteiger partial charge on any atom is 0.125 e. The summed E-state index contributed by atoms with van der Waals surface area (Å²) in [4.78, 5) is 0.805. The molecule has 0 amide bonds. The van der Waals surface area contributed by atoms with Crippen LogP contribution in [0.5, 0.6) is 0 Å². The van der Waals surface area contributed by atoms with Crippen LogP contribution in [0.2, 0.25) is 0 Å². The van der Waals surface area contributed by atoms with Crippen molar-refractivity contribution in [3.05, 3.63) is 29.6 Å². The van der Waals surface area contributed by atoms with E-state index in [1.807, 2.05) is 13.0 Å². The second kappa shape index (κ2) is 4.86. The van der Waals surface area contributed by atoms with Gasteiger partial charge < -0.3 is 4.74 Å². The van der Waals surface area contributed by atoms with E-state index in [4.69, 9.17) is 10.00 Å². The van der Waals surface area contributed by atoms with Crippen LogP contribution in [0, 0.1) is 17.1 Å². The molecule has 2 nitrogen and oxygen atoms in total. The largest absolute Gasteiger partial charge is 0.377 e. The van der Waals surface area contributed by atoms with Crippen LogP contribution in [0.4, 0.5) is 4.39 Å². The maximum absolute atomic E-state index is 13.2. The fourth-order valence-electron chi connectivity index (χ4n) is 1.74. The lowest BCUT2D eigenvalue weighted by Gasteiger charge is -2.13. The molecule has 0 radical (unpaired) electrons. The van der Waals surface area contributed by atoms with E-state index in [9.17, 15) is 4.39 Å². The highest BCUT2D eigenvalue weighted by Crippen LogP contribution is 2.33. The molecular weight excluding hydrogens is 225 g/mol. The van der Waals surface area contributed by atoms with Crippen LogP contribution in [0.1, 0.15) is 18.9 Å². The summed E-state index contributed by atoms with van der Waals surface area (Å²) in [5.41, 5.74) is 0.370. The summed E-state index contributed by atoms with van der Waals surface area (Å²) in [5, 5.41) is 9.10. The zero-order chi connectivity index (χ0) is 11.5. The molecule has 0 N–H and O–H groups in total. The number of hydrogen-bond donors (Lipinski definition) is 0. The molecule has 0 aliphatic carbocycles. The molecule has 1 aromatic carbocycles. The van der Waals surface area contributed by atoms with Gasteiger partial charge in [-0.3, -0.25) is 0 Å². The Kier molecular flexibility index (Phi) is 3.47. The van der Waals surface area contributed by atoms with E-state index in [-0.39, 0.29) is 11.9 Å². The summed E-state index contributed by atoms with van der Waals surface area (Å²) in [6.45, 7) is 2.79. The highest BCUT2D eigenvalue weighted by Gasteiger charge is 2.25. The molecule has 84 valence electrons. The lowest BCUT2D eigenvalue weighted by atomic mass is 10.2. The molecule has 2 rings (SSSR count). The Morgan fingerprint density at radius 1 is 1.50 bits per heavy atom. The Morgan fingerprint density at radius 2 is 2.31 bits per heavy atom. The first-order chi connectivity index (χ1) is 7.69. The van der Waals surface area contributed by atoms with E-state index in [1.54, 1.807) is 17.8 Å². The van der Waals surface area contributed by atoms with Gasteiger partial charge in [0, 0.05) is 16.8 Å². The van der Waals surface area contributed by atoms with Gasteiger partial charge in [-0.05, 0) is 31.5 Å². The number of rotatable bonds is 2. The first kappa shape index (κ1) is 11.4. The lowest BCUT2D eigenvalue weighted by Crippen LogP contribution is -2.12. The predicted octanol–water partition coefficient (Wildman–Crippen LogP) is 2.97. The van der Waals surface area contributed by atoms with Crippen LogP contribution in [-0.2, 0) is 4.74 Å². The molecule has 1 aliphatic rings. The molecule has 1 aliphatic heterocycles. The number of thioether (sulfide) groups is 1. The zero-order valence-corrected chi connectivity index (χ0v) is 9.76. The Bertz CT molecular complexity index is 430. The molecule has 2 unspecified atom stereocenters. The van der Waals surface area contributed by atoms with Crippen molar-refractivity contribution in [2.75, 3.05) is 6.61 Å². The van der Waals surface area contributed by atoms with Crippen LogP contribution in [0.3, 0.4) is 0 Å². The molecular formula is C12H12FNOS. The van der Waals surface area contributed by atoms with E-state index in [1.165, 1.54) is 12.1 Å². The summed E-state index contributed by atoms with van der Waals surface area (Å²) >= 11 is 1.59. The quantitative estimate of drug-likeness (QED) is 0.792. The monoisotopic (exact) mass is 237 g/mol. The minimum atomic E-state index is -0.354. The third kappa shape index (κ3) is 2.55. The number of hydrogen-bond acceptors (Lipinski definition) is 3. The number of nitrogens with zero attached hydrogens (tertiary/aromatic N) is 1. The van der Waals surface area contributed by atoms with Crippen LogP contribution in [0.25, 0.3) is 0 Å². The Labute approximate surface area is 98.4 Å². The average molecular weight is 237 g/mol. The van der Waals surface area contributed by atoms with Gasteiger partial charge in [-0.15, -0.1) is 11.8 Å². The molecule has 2 atom stereocenters. The molecule has 1 aromatic rings. The minimum absolute atomic E-state index is 0.193. The first-order valence-corrected chi connectivity index (χ1v) is 6.06. The first-order valence-electron chi connectivity index (χ1n) is 5.18. The third-order valence-electron chi connectivity index (χ3n) is 2.59. The van der Waals surface area contributed by atoms with E-state index in [0.29, 0.717) is 10.8 Å². The van der Waals surface area contributed by atoms with Crippen molar-refractivity contribution >= 4 is 11.8 Å². The van der Waals surface area contributed by atoms with Gasteiger partial charge in [0.25, 0.3) is 0 Å². The fraction of sp³-hybridized carbons (Fsp3) is 0.417. The van der Waals surface area contributed by atoms with Gasteiger partial charge in [0.2, 0.25) is 0 Å². The second-order valence-electron chi connectivity index (χ2n) is 3.81. The molecule has 1 saturated heterocycles. The topological polar surface area (TPSA) is 33.0 Å². The smallest absolute Gasteiger partial charge is 0.125 e. The van der Waals surface area contributed by atoms with Gasteiger partial charge >= 0.3 is 0 Å². The molecule has 0 bridgehead atoms. The van der Waals surface area contributed by atoms with E-state index < -0.39 is 0 Å². The van der Waals surface area contributed by atoms with Crippen molar-refractivity contribution in [2.24, 2.45) is 0 Å². The van der Waals surface area contributed by atoms with Gasteiger partial charge in [0.15, 0.2) is 0 Å².